The van der Waals surface area contributed by atoms with E-state index < -0.39 is 0 Å². The summed E-state index contributed by atoms with van der Waals surface area (Å²) in [6.45, 7) is 0.659. The Morgan fingerprint density at radius 2 is 2.39 bits per heavy atom. The number of carbonyl (C=O) groups is 1. The Bertz CT molecular complexity index is 456. The van der Waals surface area contributed by atoms with Crippen LogP contribution in [-0.4, -0.2) is 35.3 Å². The zero-order chi connectivity index (χ0) is 13.1. The second kappa shape index (κ2) is 5.84. The van der Waals surface area contributed by atoms with Crippen LogP contribution in [0.25, 0.3) is 0 Å². The van der Waals surface area contributed by atoms with E-state index in [2.05, 4.69) is 26.1 Å². The largest absolute Gasteiger partial charge is 0.508 e. The van der Waals surface area contributed by atoms with Gasteiger partial charge in [0, 0.05) is 18.5 Å². The maximum atomic E-state index is 11.1. The third kappa shape index (κ3) is 2.92. The van der Waals surface area contributed by atoms with Crippen molar-refractivity contribution >= 4 is 39.3 Å². The second-order valence-electron chi connectivity index (χ2n) is 4.11. The third-order valence-electron chi connectivity index (χ3n) is 2.85. The Morgan fingerprint density at radius 1 is 1.61 bits per heavy atom. The maximum absolute atomic E-state index is 11.1. The van der Waals surface area contributed by atoms with E-state index in [1.165, 1.54) is 0 Å². The summed E-state index contributed by atoms with van der Waals surface area (Å²) in [5.74, 6) is 0.304. The Kier molecular flexibility index (Phi) is 4.40. The average Bonchev–Trinajstić information content (AvgIpc) is 2.65. The molecule has 0 radical (unpaired) electrons. The molecule has 1 heterocycles. The number of amides is 1. The Hall–Kier alpha value is -0.880. The molecule has 0 bridgehead atoms. The number of aromatic hydroxyl groups is 1. The van der Waals surface area contributed by atoms with Crippen molar-refractivity contribution in [1.29, 1.82) is 0 Å². The zero-order valence-electron chi connectivity index (χ0n) is 10.0. The molecule has 0 saturated carbocycles. The Morgan fingerprint density at radius 3 is 3.11 bits per heavy atom. The molecule has 1 aromatic rings. The minimum atomic E-state index is 0.0100. The van der Waals surface area contributed by atoms with Gasteiger partial charge in [-0.2, -0.15) is 0 Å². The number of nitrogens with one attached hydrogen (secondary N) is 1. The molecule has 1 amide bonds. The highest BCUT2D eigenvalue weighted by Crippen LogP contribution is 2.44. The van der Waals surface area contributed by atoms with Gasteiger partial charge >= 0.3 is 0 Å². The van der Waals surface area contributed by atoms with E-state index in [1.807, 2.05) is 13.1 Å². The SMILES string of the molecule is CN1c2ccc(O)cc2SC1CCNC(=O)CBr. The van der Waals surface area contributed by atoms with E-state index in [1.54, 1.807) is 23.9 Å². The van der Waals surface area contributed by atoms with Gasteiger partial charge in [0.25, 0.3) is 0 Å². The van der Waals surface area contributed by atoms with Crippen molar-refractivity contribution in [3.05, 3.63) is 18.2 Å². The van der Waals surface area contributed by atoms with Gasteiger partial charge in [-0.25, -0.2) is 0 Å². The summed E-state index contributed by atoms with van der Waals surface area (Å²) in [7, 11) is 2.03. The summed E-state index contributed by atoms with van der Waals surface area (Å²) in [6.07, 6.45) is 0.870. The van der Waals surface area contributed by atoms with Gasteiger partial charge < -0.3 is 15.3 Å². The van der Waals surface area contributed by atoms with Crippen molar-refractivity contribution in [2.75, 3.05) is 23.8 Å². The number of anilines is 1. The van der Waals surface area contributed by atoms with Crippen molar-refractivity contribution in [3.8, 4) is 5.75 Å². The van der Waals surface area contributed by atoms with Crippen molar-refractivity contribution in [2.24, 2.45) is 0 Å². The normalized spacial score (nSPS) is 17.7. The lowest BCUT2D eigenvalue weighted by atomic mass is 10.2. The summed E-state index contributed by atoms with van der Waals surface area (Å²) in [4.78, 5) is 14.4. The molecule has 0 aromatic heterocycles. The van der Waals surface area contributed by atoms with Crippen LogP contribution in [-0.2, 0) is 4.79 Å². The lowest BCUT2D eigenvalue weighted by Crippen LogP contribution is -2.31. The van der Waals surface area contributed by atoms with Crippen LogP contribution in [0.4, 0.5) is 5.69 Å². The Labute approximate surface area is 119 Å². The molecule has 98 valence electrons. The van der Waals surface area contributed by atoms with Crippen LogP contribution >= 0.6 is 27.7 Å². The maximum Gasteiger partial charge on any atom is 0.230 e. The van der Waals surface area contributed by atoms with Gasteiger partial charge in [-0.3, -0.25) is 4.79 Å². The molecule has 0 saturated heterocycles. The number of phenolic OH excluding ortho intramolecular Hbond substituents is 1. The van der Waals surface area contributed by atoms with E-state index in [9.17, 15) is 9.90 Å². The quantitative estimate of drug-likeness (QED) is 0.831. The minimum Gasteiger partial charge on any atom is -0.508 e. The Balaban J connectivity index is 1.92. The fraction of sp³-hybridized carbons (Fsp3) is 0.417. The number of hydrogen-bond acceptors (Lipinski definition) is 4. The van der Waals surface area contributed by atoms with Gasteiger partial charge in [0.15, 0.2) is 0 Å². The predicted octanol–water partition coefficient (Wildman–Crippen LogP) is 2.16. The van der Waals surface area contributed by atoms with Crippen LogP contribution in [0.15, 0.2) is 23.1 Å². The molecule has 1 aliphatic rings. The first-order valence-corrected chi connectivity index (χ1v) is 7.67. The number of phenols is 1. The number of rotatable bonds is 4. The monoisotopic (exact) mass is 330 g/mol. The van der Waals surface area contributed by atoms with E-state index in [0.717, 1.165) is 17.0 Å². The molecule has 1 aliphatic heterocycles. The van der Waals surface area contributed by atoms with E-state index in [0.29, 0.717) is 23.0 Å². The van der Waals surface area contributed by atoms with E-state index >= 15 is 0 Å². The highest BCUT2D eigenvalue weighted by Gasteiger charge is 2.27. The van der Waals surface area contributed by atoms with Gasteiger partial charge in [-0.1, -0.05) is 27.7 Å². The van der Waals surface area contributed by atoms with Gasteiger partial charge in [0.05, 0.1) is 16.4 Å². The van der Waals surface area contributed by atoms with Gasteiger partial charge in [-0.15, -0.1) is 0 Å². The van der Waals surface area contributed by atoms with Gasteiger partial charge in [-0.05, 0) is 24.6 Å². The number of halogens is 1. The van der Waals surface area contributed by atoms with E-state index in [-0.39, 0.29) is 5.91 Å². The molecule has 0 aliphatic carbocycles. The first kappa shape index (κ1) is 13.5. The van der Waals surface area contributed by atoms with Crippen LogP contribution in [0.1, 0.15) is 6.42 Å². The molecular formula is C12H15BrN2O2S. The molecule has 0 spiro atoms. The number of thioether (sulfide) groups is 1. The minimum absolute atomic E-state index is 0.0100. The molecule has 1 unspecified atom stereocenters. The standard InChI is InChI=1S/C12H15BrN2O2S/c1-15-9-3-2-8(16)6-10(9)18-12(15)4-5-14-11(17)7-13/h2-3,6,12,16H,4-5,7H2,1H3,(H,14,17). The van der Waals surface area contributed by atoms with Crippen molar-refractivity contribution < 1.29 is 9.90 Å². The molecule has 1 atom stereocenters. The molecule has 2 N–H and O–H groups in total. The predicted molar refractivity (Wildman–Crippen MR) is 77.6 cm³/mol. The molecular weight excluding hydrogens is 316 g/mol. The number of alkyl halides is 1. The van der Waals surface area contributed by atoms with E-state index in [4.69, 9.17) is 0 Å². The summed E-state index contributed by atoms with van der Waals surface area (Å²) in [6, 6.07) is 5.41. The third-order valence-corrected chi connectivity index (χ3v) is 4.77. The average molecular weight is 331 g/mol. The smallest absolute Gasteiger partial charge is 0.230 e. The number of benzene rings is 1. The first-order chi connectivity index (χ1) is 8.61. The first-order valence-electron chi connectivity index (χ1n) is 5.67. The zero-order valence-corrected chi connectivity index (χ0v) is 12.4. The second-order valence-corrected chi connectivity index (χ2v) is 5.89. The number of hydrogen-bond donors (Lipinski definition) is 2. The fourth-order valence-corrected chi connectivity index (χ4v) is 3.42. The summed E-state index contributed by atoms with van der Waals surface area (Å²) >= 11 is 4.84. The van der Waals surface area contributed by atoms with Crippen LogP contribution < -0.4 is 10.2 Å². The number of carbonyl (C=O) groups excluding carboxylic acids is 1. The number of nitrogens with zero attached hydrogens (tertiary/aromatic N) is 1. The molecule has 18 heavy (non-hydrogen) atoms. The molecule has 2 rings (SSSR count). The number of fused-ring (bicyclic) bond motifs is 1. The van der Waals surface area contributed by atoms with Crippen LogP contribution in [0.5, 0.6) is 5.75 Å². The highest BCUT2D eigenvalue weighted by atomic mass is 79.9. The lowest BCUT2D eigenvalue weighted by molar-refractivity contribution is -0.118. The van der Waals surface area contributed by atoms with Gasteiger partial charge in [0.1, 0.15) is 5.75 Å². The summed E-state index contributed by atoms with van der Waals surface area (Å²) in [5.41, 5.74) is 1.13. The fourth-order valence-electron chi connectivity index (χ4n) is 1.90. The van der Waals surface area contributed by atoms with Crippen LogP contribution in [0, 0.1) is 0 Å². The molecule has 6 heteroatoms. The van der Waals surface area contributed by atoms with Gasteiger partial charge in [0.2, 0.25) is 5.91 Å². The van der Waals surface area contributed by atoms with Crippen LogP contribution in [0.3, 0.4) is 0 Å². The van der Waals surface area contributed by atoms with Crippen molar-refractivity contribution in [3.63, 3.8) is 0 Å². The summed E-state index contributed by atoms with van der Waals surface area (Å²) in [5, 5.41) is 12.9. The van der Waals surface area contributed by atoms with Crippen LogP contribution in [0.2, 0.25) is 0 Å². The molecule has 4 nitrogen and oxygen atoms in total. The summed E-state index contributed by atoms with van der Waals surface area (Å²) < 4.78 is 0. The van der Waals surface area contributed by atoms with Crippen molar-refractivity contribution in [1.82, 2.24) is 5.32 Å². The lowest BCUT2D eigenvalue weighted by Gasteiger charge is -2.21. The molecule has 0 fully saturated rings. The van der Waals surface area contributed by atoms with Crippen molar-refractivity contribution in [2.45, 2.75) is 16.7 Å². The highest BCUT2D eigenvalue weighted by molar-refractivity contribution is 9.09. The topological polar surface area (TPSA) is 52.6 Å². The molecule has 1 aromatic carbocycles.